The standard InChI is InChI=1S/C15H23NO2S/c1-13(10-14-4-3-9-19-14)16(2)11-15(12-17)5-7-18-8-6-15/h3-4,9,12-13H,5-8,10-11H2,1-2H3. The maximum Gasteiger partial charge on any atom is 0.127 e. The third-order valence-corrected chi connectivity index (χ3v) is 5.03. The predicted molar refractivity (Wildman–Crippen MR) is 78.7 cm³/mol. The fourth-order valence-electron chi connectivity index (χ4n) is 2.62. The number of ether oxygens (including phenoxy) is 1. The molecule has 1 aliphatic rings. The fraction of sp³-hybridized carbons (Fsp3) is 0.667. The second kappa shape index (κ2) is 6.64. The van der Waals surface area contributed by atoms with Crippen molar-refractivity contribution in [2.75, 3.05) is 26.8 Å². The summed E-state index contributed by atoms with van der Waals surface area (Å²) in [5.41, 5.74) is -0.198. The molecule has 0 aromatic carbocycles. The first-order chi connectivity index (χ1) is 9.15. The number of hydrogen-bond acceptors (Lipinski definition) is 4. The van der Waals surface area contributed by atoms with Crippen molar-refractivity contribution in [3.8, 4) is 0 Å². The van der Waals surface area contributed by atoms with E-state index >= 15 is 0 Å². The van der Waals surface area contributed by atoms with Crippen molar-refractivity contribution in [2.45, 2.75) is 32.2 Å². The van der Waals surface area contributed by atoms with Crippen molar-refractivity contribution in [3.05, 3.63) is 22.4 Å². The molecule has 1 unspecified atom stereocenters. The van der Waals surface area contributed by atoms with E-state index in [0.29, 0.717) is 19.3 Å². The quantitative estimate of drug-likeness (QED) is 0.751. The summed E-state index contributed by atoms with van der Waals surface area (Å²) in [6.07, 6.45) is 3.92. The van der Waals surface area contributed by atoms with Crippen LogP contribution in [0.2, 0.25) is 0 Å². The molecule has 2 heterocycles. The van der Waals surface area contributed by atoms with Gasteiger partial charge in [-0.25, -0.2) is 0 Å². The summed E-state index contributed by atoms with van der Waals surface area (Å²) in [7, 11) is 2.12. The number of hydrogen-bond donors (Lipinski definition) is 0. The normalized spacial score (nSPS) is 20.4. The Morgan fingerprint density at radius 1 is 1.53 bits per heavy atom. The second-order valence-corrected chi connectivity index (χ2v) is 6.67. The molecule has 1 aliphatic heterocycles. The monoisotopic (exact) mass is 281 g/mol. The zero-order valence-corrected chi connectivity index (χ0v) is 12.6. The second-order valence-electron chi connectivity index (χ2n) is 5.64. The third kappa shape index (κ3) is 3.88. The molecule has 1 fully saturated rings. The van der Waals surface area contributed by atoms with Gasteiger partial charge >= 0.3 is 0 Å². The van der Waals surface area contributed by atoms with Gasteiger partial charge in [0.2, 0.25) is 0 Å². The lowest BCUT2D eigenvalue weighted by Gasteiger charge is -2.37. The first-order valence-corrected chi connectivity index (χ1v) is 7.80. The molecule has 0 spiro atoms. The number of thiophene rings is 1. The Labute approximate surface area is 119 Å². The minimum absolute atomic E-state index is 0.198. The first kappa shape index (κ1) is 14.7. The highest BCUT2D eigenvalue weighted by Crippen LogP contribution is 2.29. The molecule has 4 heteroatoms. The van der Waals surface area contributed by atoms with Crippen LogP contribution in [-0.4, -0.2) is 44.0 Å². The van der Waals surface area contributed by atoms with Gasteiger partial charge in [-0.2, -0.15) is 0 Å². The van der Waals surface area contributed by atoms with Crippen LogP contribution < -0.4 is 0 Å². The van der Waals surface area contributed by atoms with Gasteiger partial charge in [0.15, 0.2) is 0 Å². The van der Waals surface area contributed by atoms with Crippen LogP contribution in [0.1, 0.15) is 24.6 Å². The minimum atomic E-state index is -0.198. The molecule has 19 heavy (non-hydrogen) atoms. The van der Waals surface area contributed by atoms with Gasteiger partial charge in [-0.3, -0.25) is 0 Å². The fourth-order valence-corrected chi connectivity index (χ4v) is 3.45. The molecular formula is C15H23NO2S. The van der Waals surface area contributed by atoms with Crippen molar-refractivity contribution >= 4 is 17.6 Å². The highest BCUT2D eigenvalue weighted by Gasteiger charge is 2.34. The van der Waals surface area contributed by atoms with E-state index in [1.165, 1.54) is 4.88 Å². The van der Waals surface area contributed by atoms with Gasteiger partial charge in [0.05, 0.1) is 0 Å². The number of carbonyl (C=O) groups is 1. The van der Waals surface area contributed by atoms with Crippen molar-refractivity contribution < 1.29 is 9.53 Å². The lowest BCUT2D eigenvalue weighted by molar-refractivity contribution is -0.123. The van der Waals surface area contributed by atoms with Crippen LogP contribution in [0.5, 0.6) is 0 Å². The Bertz CT molecular complexity index is 385. The topological polar surface area (TPSA) is 29.5 Å². The maximum absolute atomic E-state index is 11.5. The van der Waals surface area contributed by atoms with Crippen LogP contribution in [0.25, 0.3) is 0 Å². The van der Waals surface area contributed by atoms with Crippen LogP contribution >= 0.6 is 11.3 Å². The molecule has 0 bridgehead atoms. The molecule has 1 atom stereocenters. The van der Waals surface area contributed by atoms with Crippen molar-refractivity contribution in [3.63, 3.8) is 0 Å². The highest BCUT2D eigenvalue weighted by atomic mass is 32.1. The number of aldehydes is 1. The van der Waals surface area contributed by atoms with E-state index < -0.39 is 0 Å². The van der Waals surface area contributed by atoms with Crippen molar-refractivity contribution in [1.29, 1.82) is 0 Å². The summed E-state index contributed by atoms with van der Waals surface area (Å²) in [5.74, 6) is 0. The van der Waals surface area contributed by atoms with E-state index in [-0.39, 0.29) is 5.41 Å². The molecular weight excluding hydrogens is 258 g/mol. The molecule has 106 valence electrons. The summed E-state index contributed by atoms with van der Waals surface area (Å²) >= 11 is 1.80. The number of rotatable bonds is 6. The lowest BCUT2D eigenvalue weighted by atomic mass is 9.81. The first-order valence-electron chi connectivity index (χ1n) is 6.92. The Kier molecular flexibility index (Phi) is 5.13. The summed E-state index contributed by atoms with van der Waals surface area (Å²) < 4.78 is 5.38. The third-order valence-electron chi connectivity index (χ3n) is 4.13. The van der Waals surface area contributed by atoms with Crippen LogP contribution in [0.15, 0.2) is 17.5 Å². The Morgan fingerprint density at radius 3 is 2.84 bits per heavy atom. The SMILES string of the molecule is CC(Cc1cccs1)N(C)CC1(C=O)CCOCC1. The lowest BCUT2D eigenvalue weighted by Crippen LogP contribution is -2.44. The summed E-state index contributed by atoms with van der Waals surface area (Å²) in [6, 6.07) is 4.73. The van der Waals surface area contributed by atoms with E-state index in [2.05, 4.69) is 36.4 Å². The Balaban J connectivity index is 1.91. The minimum Gasteiger partial charge on any atom is -0.381 e. The molecule has 3 nitrogen and oxygen atoms in total. The van der Waals surface area contributed by atoms with E-state index in [9.17, 15) is 4.79 Å². The molecule has 1 aromatic rings. The van der Waals surface area contributed by atoms with Gasteiger partial charge in [-0.05, 0) is 44.7 Å². The highest BCUT2D eigenvalue weighted by molar-refractivity contribution is 7.09. The predicted octanol–water partition coefficient (Wildman–Crippen LogP) is 2.61. The Morgan fingerprint density at radius 2 is 2.26 bits per heavy atom. The zero-order chi connectivity index (χ0) is 13.7. The van der Waals surface area contributed by atoms with Crippen molar-refractivity contribution in [2.24, 2.45) is 5.41 Å². The smallest absolute Gasteiger partial charge is 0.127 e. The largest absolute Gasteiger partial charge is 0.381 e. The van der Waals surface area contributed by atoms with E-state index in [4.69, 9.17) is 4.74 Å². The molecule has 0 radical (unpaired) electrons. The molecule has 1 aromatic heterocycles. The van der Waals surface area contributed by atoms with Gasteiger partial charge in [-0.1, -0.05) is 6.07 Å². The maximum atomic E-state index is 11.5. The van der Waals surface area contributed by atoms with Crippen LogP contribution in [-0.2, 0) is 16.0 Å². The Hall–Kier alpha value is -0.710. The molecule has 0 saturated carbocycles. The van der Waals surface area contributed by atoms with Gasteiger partial charge in [0, 0.05) is 36.1 Å². The molecule has 0 amide bonds. The molecule has 0 N–H and O–H groups in total. The van der Waals surface area contributed by atoms with Gasteiger partial charge in [0.25, 0.3) is 0 Å². The number of likely N-dealkylation sites (N-methyl/N-ethyl adjacent to an activating group) is 1. The zero-order valence-electron chi connectivity index (χ0n) is 11.8. The van der Waals surface area contributed by atoms with Crippen LogP contribution in [0, 0.1) is 5.41 Å². The average molecular weight is 281 g/mol. The number of nitrogens with zero attached hydrogens (tertiary/aromatic N) is 1. The van der Waals surface area contributed by atoms with E-state index in [1.54, 1.807) is 11.3 Å². The summed E-state index contributed by atoms with van der Waals surface area (Å²) in [5, 5.41) is 2.12. The van der Waals surface area contributed by atoms with E-state index in [1.807, 2.05) is 0 Å². The van der Waals surface area contributed by atoms with Crippen molar-refractivity contribution in [1.82, 2.24) is 4.90 Å². The van der Waals surface area contributed by atoms with Gasteiger partial charge < -0.3 is 14.4 Å². The molecule has 2 rings (SSSR count). The summed E-state index contributed by atoms with van der Waals surface area (Å²) in [6.45, 7) is 4.50. The van der Waals surface area contributed by atoms with Crippen LogP contribution in [0.3, 0.4) is 0 Å². The van der Waals surface area contributed by atoms with E-state index in [0.717, 1.165) is 32.1 Å². The molecule has 0 aliphatic carbocycles. The average Bonchev–Trinajstić information content (AvgIpc) is 2.92. The van der Waals surface area contributed by atoms with Crippen LogP contribution in [0.4, 0.5) is 0 Å². The van der Waals surface area contributed by atoms with Gasteiger partial charge in [0.1, 0.15) is 6.29 Å². The number of carbonyl (C=O) groups excluding carboxylic acids is 1. The van der Waals surface area contributed by atoms with Gasteiger partial charge in [-0.15, -0.1) is 11.3 Å². The summed E-state index contributed by atoms with van der Waals surface area (Å²) in [4.78, 5) is 15.2. The molecule has 1 saturated heterocycles.